The van der Waals surface area contributed by atoms with E-state index in [4.69, 9.17) is 4.74 Å². The Bertz CT molecular complexity index is 660. The zero-order valence-electron chi connectivity index (χ0n) is 11.4. The fourth-order valence-corrected chi connectivity index (χ4v) is 2.46. The van der Waals surface area contributed by atoms with Gasteiger partial charge in [-0.05, 0) is 30.2 Å². The third-order valence-corrected chi connectivity index (χ3v) is 3.59. The Morgan fingerprint density at radius 3 is 3.15 bits per heavy atom. The lowest BCUT2D eigenvalue weighted by atomic mass is 10.1. The van der Waals surface area contributed by atoms with Crippen molar-refractivity contribution in [3.8, 4) is 0 Å². The minimum atomic E-state index is 0.0641. The van der Waals surface area contributed by atoms with Crippen molar-refractivity contribution in [1.29, 1.82) is 0 Å². The Balaban J connectivity index is 1.76. The van der Waals surface area contributed by atoms with Gasteiger partial charge in [-0.3, -0.25) is 4.79 Å². The first-order valence-electron chi connectivity index (χ1n) is 6.67. The summed E-state index contributed by atoms with van der Waals surface area (Å²) in [5, 5.41) is 0. The molecule has 1 amide bonds. The second kappa shape index (κ2) is 5.46. The van der Waals surface area contributed by atoms with Crippen LogP contribution in [0, 0.1) is 0 Å². The number of hydrogen-bond acceptors (Lipinski definition) is 3. The molecule has 0 bridgehead atoms. The molecule has 5 nitrogen and oxygen atoms in total. The summed E-state index contributed by atoms with van der Waals surface area (Å²) in [6, 6.07) is 5.56. The number of carbonyl (C=O) groups is 1. The fourth-order valence-electron chi connectivity index (χ4n) is 2.46. The van der Waals surface area contributed by atoms with Crippen molar-refractivity contribution in [2.24, 2.45) is 0 Å². The van der Waals surface area contributed by atoms with Crippen LogP contribution >= 0.6 is 0 Å². The van der Waals surface area contributed by atoms with E-state index in [1.54, 1.807) is 13.4 Å². The first kappa shape index (κ1) is 12.9. The van der Waals surface area contributed by atoms with Crippen molar-refractivity contribution in [3.05, 3.63) is 41.7 Å². The number of amides is 1. The molecular weight excluding hydrogens is 254 g/mol. The number of ether oxygens (including phenoxy) is 1. The second-order valence-electron chi connectivity index (χ2n) is 4.93. The number of benzene rings is 1. The summed E-state index contributed by atoms with van der Waals surface area (Å²) < 4.78 is 5.12. The average molecular weight is 271 g/mol. The molecule has 1 aromatic heterocycles. The smallest absolute Gasteiger partial charge is 0.254 e. The van der Waals surface area contributed by atoms with Gasteiger partial charge in [0.1, 0.15) is 0 Å². The van der Waals surface area contributed by atoms with E-state index in [0.29, 0.717) is 18.7 Å². The average Bonchev–Trinajstić information content (AvgIpc) is 2.95. The van der Waals surface area contributed by atoms with Crippen LogP contribution in [0.2, 0.25) is 0 Å². The molecule has 104 valence electrons. The number of methoxy groups -OCH3 is 1. The first-order chi connectivity index (χ1) is 9.78. The van der Waals surface area contributed by atoms with Crippen LogP contribution in [0.1, 0.15) is 16.8 Å². The predicted molar refractivity (Wildman–Crippen MR) is 76.6 cm³/mol. The van der Waals surface area contributed by atoms with E-state index in [1.807, 2.05) is 23.1 Å². The highest BCUT2D eigenvalue weighted by molar-refractivity contribution is 5.97. The van der Waals surface area contributed by atoms with Crippen molar-refractivity contribution in [3.63, 3.8) is 0 Å². The number of carbonyl (C=O) groups excluding carboxylic acids is 1. The predicted octanol–water partition coefficient (Wildman–Crippen LogP) is 1.98. The summed E-state index contributed by atoms with van der Waals surface area (Å²) in [4.78, 5) is 21.5. The molecule has 0 spiro atoms. The number of aromatic amines is 1. The van der Waals surface area contributed by atoms with Gasteiger partial charge in [-0.2, -0.15) is 0 Å². The summed E-state index contributed by atoms with van der Waals surface area (Å²) in [6.07, 6.45) is 4.60. The zero-order chi connectivity index (χ0) is 13.9. The number of nitrogens with zero attached hydrogens (tertiary/aromatic N) is 2. The Morgan fingerprint density at radius 2 is 2.40 bits per heavy atom. The van der Waals surface area contributed by atoms with Gasteiger partial charge in [-0.25, -0.2) is 4.98 Å². The van der Waals surface area contributed by atoms with Gasteiger partial charge in [-0.1, -0.05) is 6.08 Å². The number of H-pyrrole nitrogens is 1. The highest BCUT2D eigenvalue weighted by atomic mass is 16.5. The van der Waals surface area contributed by atoms with Gasteiger partial charge in [0.05, 0.1) is 24.0 Å². The monoisotopic (exact) mass is 271 g/mol. The lowest BCUT2D eigenvalue weighted by Crippen LogP contribution is -2.35. The Labute approximate surface area is 117 Å². The Kier molecular flexibility index (Phi) is 3.52. The van der Waals surface area contributed by atoms with E-state index in [0.717, 1.165) is 24.0 Å². The normalized spacial score (nSPS) is 15.4. The van der Waals surface area contributed by atoms with Gasteiger partial charge in [-0.15, -0.1) is 0 Å². The number of fused-ring (bicyclic) bond motifs is 1. The van der Waals surface area contributed by atoms with Crippen LogP contribution in [0.15, 0.2) is 36.2 Å². The van der Waals surface area contributed by atoms with Crippen LogP contribution in [0.5, 0.6) is 0 Å². The van der Waals surface area contributed by atoms with Crippen LogP contribution < -0.4 is 0 Å². The summed E-state index contributed by atoms with van der Waals surface area (Å²) >= 11 is 0. The van der Waals surface area contributed by atoms with Crippen molar-refractivity contribution < 1.29 is 9.53 Å². The SMILES string of the molecule is COCC1=CCN(C(=O)c2ccc3nc[nH]c3c2)CC1. The molecule has 20 heavy (non-hydrogen) atoms. The molecule has 0 atom stereocenters. The largest absolute Gasteiger partial charge is 0.380 e. The third kappa shape index (κ3) is 2.44. The molecule has 1 aliphatic heterocycles. The van der Waals surface area contributed by atoms with Crippen molar-refractivity contribution in [2.45, 2.75) is 6.42 Å². The molecule has 0 unspecified atom stereocenters. The number of hydrogen-bond donors (Lipinski definition) is 1. The highest BCUT2D eigenvalue weighted by Crippen LogP contribution is 2.17. The third-order valence-electron chi connectivity index (χ3n) is 3.59. The Hall–Kier alpha value is -2.14. The zero-order valence-corrected chi connectivity index (χ0v) is 11.4. The van der Waals surface area contributed by atoms with Gasteiger partial charge < -0.3 is 14.6 Å². The molecule has 1 aromatic carbocycles. The lowest BCUT2D eigenvalue weighted by Gasteiger charge is -2.26. The van der Waals surface area contributed by atoms with Crippen LogP contribution in [-0.2, 0) is 4.74 Å². The van der Waals surface area contributed by atoms with Crippen molar-refractivity contribution >= 4 is 16.9 Å². The van der Waals surface area contributed by atoms with E-state index < -0.39 is 0 Å². The summed E-state index contributed by atoms with van der Waals surface area (Å²) in [7, 11) is 1.69. The van der Waals surface area contributed by atoms with Crippen LogP contribution in [0.3, 0.4) is 0 Å². The van der Waals surface area contributed by atoms with E-state index in [2.05, 4.69) is 16.0 Å². The summed E-state index contributed by atoms with van der Waals surface area (Å²) in [5.74, 6) is 0.0641. The molecule has 0 fully saturated rings. The molecule has 2 heterocycles. The number of rotatable bonds is 3. The standard InChI is InChI=1S/C15H17N3O2/c1-20-9-11-4-6-18(7-5-11)15(19)12-2-3-13-14(8-12)17-10-16-13/h2-4,8,10H,5-7,9H2,1H3,(H,16,17). The van der Waals surface area contributed by atoms with Crippen molar-refractivity contribution in [1.82, 2.24) is 14.9 Å². The van der Waals surface area contributed by atoms with E-state index in [9.17, 15) is 4.79 Å². The second-order valence-corrected chi connectivity index (χ2v) is 4.93. The maximum Gasteiger partial charge on any atom is 0.254 e. The van der Waals surface area contributed by atoms with Gasteiger partial charge >= 0.3 is 0 Å². The van der Waals surface area contributed by atoms with E-state index in [-0.39, 0.29) is 5.91 Å². The molecule has 0 radical (unpaired) electrons. The first-order valence-corrected chi connectivity index (χ1v) is 6.67. The van der Waals surface area contributed by atoms with E-state index in [1.165, 1.54) is 5.57 Å². The highest BCUT2D eigenvalue weighted by Gasteiger charge is 2.19. The topological polar surface area (TPSA) is 58.2 Å². The Morgan fingerprint density at radius 1 is 1.50 bits per heavy atom. The maximum absolute atomic E-state index is 12.5. The minimum absolute atomic E-state index is 0.0641. The molecule has 0 saturated heterocycles. The molecule has 1 N–H and O–H groups in total. The number of aromatic nitrogens is 2. The van der Waals surface area contributed by atoms with E-state index >= 15 is 0 Å². The lowest BCUT2D eigenvalue weighted by molar-refractivity contribution is 0.0765. The molecule has 5 heteroatoms. The molecular formula is C15H17N3O2. The van der Waals surface area contributed by atoms with Gasteiger partial charge in [0.25, 0.3) is 5.91 Å². The van der Waals surface area contributed by atoms with Crippen LogP contribution in [0.4, 0.5) is 0 Å². The molecule has 0 saturated carbocycles. The molecule has 2 aromatic rings. The minimum Gasteiger partial charge on any atom is -0.380 e. The van der Waals surface area contributed by atoms with Gasteiger partial charge in [0.15, 0.2) is 0 Å². The maximum atomic E-state index is 12.5. The summed E-state index contributed by atoms with van der Waals surface area (Å²) in [6.45, 7) is 2.05. The van der Waals surface area contributed by atoms with Gasteiger partial charge in [0, 0.05) is 25.8 Å². The number of imidazole rings is 1. The van der Waals surface area contributed by atoms with Crippen LogP contribution in [-0.4, -0.2) is 47.6 Å². The van der Waals surface area contributed by atoms with Crippen LogP contribution in [0.25, 0.3) is 11.0 Å². The van der Waals surface area contributed by atoms with Crippen molar-refractivity contribution in [2.75, 3.05) is 26.8 Å². The quantitative estimate of drug-likeness (QED) is 0.868. The van der Waals surface area contributed by atoms with Gasteiger partial charge in [0.2, 0.25) is 0 Å². The molecule has 1 aliphatic rings. The molecule has 0 aliphatic carbocycles. The number of nitrogens with one attached hydrogen (secondary N) is 1. The summed E-state index contributed by atoms with van der Waals surface area (Å²) in [5.41, 5.74) is 3.73. The molecule has 3 rings (SSSR count). The fraction of sp³-hybridized carbons (Fsp3) is 0.333.